The molecule has 0 saturated heterocycles. The van der Waals surface area contributed by atoms with E-state index in [9.17, 15) is 5.11 Å². The molecule has 0 atom stereocenters. The number of aromatic hydroxyl groups is 1. The molecule has 0 bridgehead atoms. The van der Waals surface area contributed by atoms with Crippen LogP contribution in [0.1, 0.15) is 5.69 Å². The van der Waals surface area contributed by atoms with Gasteiger partial charge in [-0.1, -0.05) is 82.3 Å². The molecule has 0 aliphatic rings. The fourth-order valence-corrected chi connectivity index (χ4v) is 2.36. The first-order valence-corrected chi connectivity index (χ1v) is 7.50. The highest BCUT2D eigenvalue weighted by Gasteiger charge is 2.18. The lowest BCUT2D eigenvalue weighted by Crippen LogP contribution is -1.78. The Morgan fingerprint density at radius 3 is 1.71 bits per heavy atom. The second-order valence-electron chi connectivity index (χ2n) is 3.54. The fourth-order valence-electron chi connectivity index (χ4n) is 1.12. The number of rotatable bonds is 1. The van der Waals surface area contributed by atoms with Crippen LogP contribution < -0.4 is 0 Å². The van der Waals surface area contributed by atoms with Crippen molar-refractivity contribution in [2.24, 2.45) is 0 Å². The van der Waals surface area contributed by atoms with E-state index in [1.165, 1.54) is 0 Å². The average molecular weight is 406 g/mol. The van der Waals surface area contributed by atoms with E-state index < -0.39 is 0 Å². The molecule has 0 unspecified atom stereocenters. The molecule has 0 amide bonds. The van der Waals surface area contributed by atoms with Crippen LogP contribution in [-0.2, 0) is 0 Å². The van der Waals surface area contributed by atoms with E-state index in [2.05, 4.69) is 11.6 Å². The quantitative estimate of drug-likeness (QED) is 0.411. The van der Waals surface area contributed by atoms with E-state index in [-0.39, 0.29) is 30.9 Å². The van der Waals surface area contributed by atoms with Crippen molar-refractivity contribution in [3.63, 3.8) is 0 Å². The summed E-state index contributed by atoms with van der Waals surface area (Å²) in [5.74, 6) is -0.363. The first-order valence-electron chi connectivity index (χ1n) is 5.23. The predicted octanol–water partition coefficient (Wildman–Crippen LogP) is 6.95. The van der Waals surface area contributed by atoms with Crippen molar-refractivity contribution in [3.8, 4) is 5.75 Å². The summed E-state index contributed by atoms with van der Waals surface area (Å²) in [5.41, 5.74) is 0.735. The van der Waals surface area contributed by atoms with Gasteiger partial charge in [0.05, 0.1) is 25.8 Å². The topological polar surface area (TPSA) is 33.1 Å². The SMILES string of the molecule is C=C(Cl)c1ccccn1.Oc1c(Cl)c(Cl)c(Cl)c(Cl)c1Cl. The third-order valence-electron chi connectivity index (χ3n) is 2.13. The molecule has 0 spiro atoms. The maximum Gasteiger partial charge on any atom is 0.155 e. The van der Waals surface area contributed by atoms with Crippen molar-refractivity contribution < 1.29 is 5.11 Å². The Morgan fingerprint density at radius 1 is 0.905 bits per heavy atom. The van der Waals surface area contributed by atoms with Gasteiger partial charge in [-0.15, -0.1) is 0 Å². The van der Waals surface area contributed by atoms with Crippen LogP contribution in [0.2, 0.25) is 25.1 Å². The Balaban J connectivity index is 0.000000219. The number of aromatic nitrogens is 1. The number of hydrogen-bond donors (Lipinski definition) is 1. The van der Waals surface area contributed by atoms with Crippen LogP contribution >= 0.6 is 69.6 Å². The largest absolute Gasteiger partial charge is 0.505 e. The van der Waals surface area contributed by atoms with E-state index in [0.29, 0.717) is 5.03 Å². The summed E-state index contributed by atoms with van der Waals surface area (Å²) in [6.45, 7) is 3.53. The van der Waals surface area contributed by atoms with Gasteiger partial charge in [0.25, 0.3) is 0 Å². The van der Waals surface area contributed by atoms with Crippen molar-refractivity contribution in [2.75, 3.05) is 0 Å². The number of phenols is 1. The van der Waals surface area contributed by atoms with Crippen LogP contribution in [0.3, 0.4) is 0 Å². The third kappa shape index (κ3) is 4.82. The minimum absolute atomic E-state index is 0.00904. The monoisotopic (exact) mass is 403 g/mol. The van der Waals surface area contributed by atoms with Gasteiger partial charge in [-0.2, -0.15) is 0 Å². The Hall–Kier alpha value is -0.350. The van der Waals surface area contributed by atoms with E-state index in [0.717, 1.165) is 5.69 Å². The summed E-state index contributed by atoms with van der Waals surface area (Å²) < 4.78 is 0. The molecule has 21 heavy (non-hydrogen) atoms. The molecule has 0 aliphatic heterocycles. The summed E-state index contributed by atoms with van der Waals surface area (Å²) >= 11 is 33.5. The van der Waals surface area contributed by atoms with E-state index in [1.54, 1.807) is 6.20 Å². The molecule has 1 aromatic heterocycles. The van der Waals surface area contributed by atoms with E-state index >= 15 is 0 Å². The van der Waals surface area contributed by atoms with Crippen LogP contribution in [0.4, 0.5) is 0 Å². The standard InChI is InChI=1S/C7H6ClN.C6HCl5O/c1-6(8)7-4-2-3-5-9-7;7-1-2(8)4(10)6(12)5(11)3(1)9/h2-5H,1H2;12H. The second kappa shape index (κ2) is 8.33. The smallest absolute Gasteiger partial charge is 0.155 e. The highest BCUT2D eigenvalue weighted by Crippen LogP contribution is 2.47. The Bertz CT molecular complexity index is 554. The lowest BCUT2D eigenvalue weighted by atomic mass is 10.3. The van der Waals surface area contributed by atoms with Crippen LogP contribution in [0.15, 0.2) is 31.0 Å². The molecule has 0 fully saturated rings. The van der Waals surface area contributed by atoms with Gasteiger partial charge in [0.2, 0.25) is 0 Å². The van der Waals surface area contributed by atoms with E-state index in [1.807, 2.05) is 18.2 Å². The molecular weight excluding hydrogens is 399 g/mol. The molecule has 2 nitrogen and oxygen atoms in total. The number of hydrogen-bond acceptors (Lipinski definition) is 2. The number of benzene rings is 1. The van der Waals surface area contributed by atoms with Gasteiger partial charge in [-0.05, 0) is 12.1 Å². The minimum atomic E-state index is -0.363. The lowest BCUT2D eigenvalue weighted by Gasteiger charge is -2.06. The van der Waals surface area contributed by atoms with Gasteiger partial charge in [-0.25, -0.2) is 0 Å². The molecule has 0 saturated carbocycles. The third-order valence-corrected chi connectivity index (χ3v) is 4.58. The van der Waals surface area contributed by atoms with Crippen LogP contribution in [0.25, 0.3) is 5.03 Å². The highest BCUT2D eigenvalue weighted by atomic mass is 35.5. The summed E-state index contributed by atoms with van der Waals surface area (Å²) in [5, 5.41) is 9.50. The number of phenolic OH excluding ortho intramolecular Hbond substituents is 1. The van der Waals surface area contributed by atoms with Crippen molar-refractivity contribution in [1.82, 2.24) is 4.98 Å². The van der Waals surface area contributed by atoms with E-state index in [4.69, 9.17) is 69.6 Å². The Labute approximate surface area is 151 Å². The molecule has 112 valence electrons. The first-order chi connectivity index (χ1) is 9.77. The molecular formula is C13H7Cl6NO. The van der Waals surface area contributed by atoms with Crippen molar-refractivity contribution >= 4 is 74.6 Å². The summed E-state index contributed by atoms with van der Waals surface area (Å²) in [7, 11) is 0. The molecule has 1 heterocycles. The predicted molar refractivity (Wildman–Crippen MR) is 92.3 cm³/mol. The summed E-state index contributed by atoms with van der Waals surface area (Å²) in [4.78, 5) is 3.95. The normalized spacial score (nSPS) is 9.81. The highest BCUT2D eigenvalue weighted by molar-refractivity contribution is 6.55. The molecule has 2 rings (SSSR count). The molecule has 0 aliphatic carbocycles. The number of halogens is 6. The van der Waals surface area contributed by atoms with Crippen LogP contribution in [0.5, 0.6) is 5.75 Å². The molecule has 0 radical (unpaired) electrons. The maximum absolute atomic E-state index is 9.20. The zero-order valence-corrected chi connectivity index (χ0v) is 14.7. The van der Waals surface area contributed by atoms with Crippen molar-refractivity contribution in [1.29, 1.82) is 0 Å². The molecule has 2 aromatic rings. The van der Waals surface area contributed by atoms with Crippen molar-refractivity contribution in [2.45, 2.75) is 0 Å². The summed E-state index contributed by atoms with van der Waals surface area (Å²) in [6, 6.07) is 5.52. The molecule has 8 heteroatoms. The van der Waals surface area contributed by atoms with Gasteiger partial charge in [0, 0.05) is 6.20 Å². The zero-order chi connectivity index (χ0) is 16.2. The second-order valence-corrected chi connectivity index (χ2v) is 5.88. The molecule has 1 N–H and O–H groups in total. The van der Waals surface area contributed by atoms with Gasteiger partial charge in [-0.3, -0.25) is 4.98 Å². The lowest BCUT2D eigenvalue weighted by molar-refractivity contribution is 0.476. The van der Waals surface area contributed by atoms with Crippen LogP contribution in [0, 0.1) is 0 Å². The van der Waals surface area contributed by atoms with Gasteiger partial charge in [0.1, 0.15) is 10.0 Å². The van der Waals surface area contributed by atoms with Crippen LogP contribution in [-0.4, -0.2) is 10.1 Å². The Kier molecular flexibility index (Phi) is 7.41. The van der Waals surface area contributed by atoms with Gasteiger partial charge >= 0.3 is 0 Å². The van der Waals surface area contributed by atoms with Gasteiger partial charge in [0.15, 0.2) is 5.75 Å². The average Bonchev–Trinajstić information content (AvgIpc) is 2.50. The number of pyridine rings is 1. The first kappa shape index (κ1) is 18.7. The zero-order valence-electron chi connectivity index (χ0n) is 10.2. The maximum atomic E-state index is 9.20. The minimum Gasteiger partial charge on any atom is -0.505 e. The van der Waals surface area contributed by atoms with Crippen molar-refractivity contribution in [3.05, 3.63) is 61.8 Å². The molecule has 1 aromatic carbocycles. The number of nitrogens with zero attached hydrogens (tertiary/aromatic N) is 1. The summed E-state index contributed by atoms with van der Waals surface area (Å²) in [6.07, 6.45) is 1.68. The Morgan fingerprint density at radius 2 is 1.38 bits per heavy atom. The fraction of sp³-hybridized carbons (Fsp3) is 0. The van der Waals surface area contributed by atoms with Gasteiger partial charge < -0.3 is 5.11 Å².